The first kappa shape index (κ1) is 8.76. The van der Waals surface area contributed by atoms with Crippen LogP contribution in [0.15, 0.2) is 0 Å². The molecule has 0 aromatic heterocycles. The number of nitrogens with zero attached hydrogens (tertiary/aromatic N) is 2. The van der Waals surface area contributed by atoms with E-state index < -0.39 is 0 Å². The molecule has 0 atom stereocenters. The lowest BCUT2D eigenvalue weighted by Crippen LogP contribution is -2.52. The average Bonchev–Trinajstić information content (AvgIpc) is 1.62. The van der Waals surface area contributed by atoms with Gasteiger partial charge in [-0.25, -0.2) is 9.53 Å². The first-order valence-electron chi connectivity index (χ1n) is 2.39. The molecular formula is C3H12N4O2. The molecule has 0 saturated carbocycles. The number of rotatable bonds is 3. The second-order valence-electron chi connectivity index (χ2n) is 2.36. The molecule has 0 aromatic carbocycles. The fourth-order valence-corrected chi connectivity index (χ4v) is 0.331. The van der Waals surface area contributed by atoms with Crippen molar-refractivity contribution in [2.45, 2.75) is 0 Å². The lowest BCUT2D eigenvalue weighted by atomic mass is 10.8. The predicted molar refractivity (Wildman–Crippen MR) is 31.6 cm³/mol. The molecule has 6 heteroatoms. The molecule has 6 nitrogen and oxygen atoms in total. The molecule has 0 spiro atoms. The van der Waals surface area contributed by atoms with Crippen LogP contribution in [-0.4, -0.2) is 30.6 Å². The smallest absolute Gasteiger partial charge is 0.164 e. The minimum absolute atomic E-state index is 0.000694. The summed E-state index contributed by atoms with van der Waals surface area (Å²) in [6, 6.07) is 0. The zero-order valence-electron chi connectivity index (χ0n) is 5.57. The van der Waals surface area contributed by atoms with E-state index in [1.54, 1.807) is 14.1 Å². The zero-order chi connectivity index (χ0) is 7.49. The number of quaternary nitrogens is 1. The molecule has 0 rings (SSSR count). The molecule has 0 fully saturated rings. The predicted octanol–water partition coefficient (Wildman–Crippen LogP) is -1.50. The lowest BCUT2D eigenvalue weighted by molar-refractivity contribution is -0.916. The van der Waals surface area contributed by atoms with E-state index in [1.807, 2.05) is 0 Å². The van der Waals surface area contributed by atoms with Gasteiger partial charge >= 0.3 is 0 Å². The molecule has 0 aliphatic rings. The summed E-state index contributed by atoms with van der Waals surface area (Å²) in [5.41, 5.74) is 0. The van der Waals surface area contributed by atoms with Crippen LogP contribution in [-0.2, 0) is 4.94 Å². The van der Waals surface area contributed by atoms with E-state index in [0.29, 0.717) is 0 Å². The van der Waals surface area contributed by atoms with Crippen LogP contribution in [0.1, 0.15) is 0 Å². The summed E-state index contributed by atoms with van der Waals surface area (Å²) >= 11 is 0. The molecule has 0 aliphatic carbocycles. The van der Waals surface area contributed by atoms with Crippen LogP contribution < -0.4 is 11.7 Å². The van der Waals surface area contributed by atoms with Gasteiger partial charge in [-0.3, -0.25) is 0 Å². The van der Waals surface area contributed by atoms with Crippen molar-refractivity contribution >= 4 is 0 Å². The van der Waals surface area contributed by atoms with Crippen LogP contribution in [0.4, 0.5) is 0 Å². The Morgan fingerprint density at radius 1 is 1.67 bits per heavy atom. The van der Waals surface area contributed by atoms with Gasteiger partial charge in [0.15, 0.2) is 6.67 Å². The SMILES string of the molecule is C[N+](C)(N)CN([O-])ON. The lowest BCUT2D eigenvalue weighted by Gasteiger charge is -2.31. The number of hydroxylamine groups is 2. The molecule has 0 amide bonds. The van der Waals surface area contributed by atoms with Crippen LogP contribution in [0.25, 0.3) is 0 Å². The zero-order valence-corrected chi connectivity index (χ0v) is 5.57. The summed E-state index contributed by atoms with van der Waals surface area (Å²) in [5.74, 6) is 9.90. The van der Waals surface area contributed by atoms with Crippen LogP contribution in [0.3, 0.4) is 0 Å². The van der Waals surface area contributed by atoms with Crippen molar-refractivity contribution in [3.63, 3.8) is 0 Å². The van der Waals surface area contributed by atoms with Gasteiger partial charge in [-0.2, -0.15) is 17.0 Å². The van der Waals surface area contributed by atoms with E-state index in [0.717, 1.165) is 0 Å². The Morgan fingerprint density at radius 3 is 2.22 bits per heavy atom. The highest BCUT2D eigenvalue weighted by Crippen LogP contribution is 1.88. The van der Waals surface area contributed by atoms with E-state index in [-0.39, 0.29) is 16.5 Å². The molecule has 0 heterocycles. The van der Waals surface area contributed by atoms with E-state index in [9.17, 15) is 5.21 Å². The van der Waals surface area contributed by atoms with Crippen molar-refractivity contribution < 1.29 is 9.53 Å². The monoisotopic (exact) mass is 136 g/mol. The van der Waals surface area contributed by atoms with Gasteiger partial charge in [-0.15, -0.1) is 0 Å². The number of hydrogen-bond acceptors (Lipinski definition) is 5. The fraction of sp³-hybridized carbons (Fsp3) is 1.00. The normalized spacial score (nSPS) is 12.7. The van der Waals surface area contributed by atoms with Crippen molar-refractivity contribution in [2.24, 2.45) is 11.7 Å². The largest absolute Gasteiger partial charge is 0.756 e. The fourth-order valence-electron chi connectivity index (χ4n) is 0.331. The van der Waals surface area contributed by atoms with Crippen LogP contribution >= 0.6 is 0 Å². The molecule has 0 saturated heterocycles. The summed E-state index contributed by atoms with van der Waals surface area (Å²) in [5, 5.41) is 10.5. The molecule has 0 radical (unpaired) electrons. The third-order valence-corrected chi connectivity index (χ3v) is 0.598. The van der Waals surface area contributed by atoms with E-state index >= 15 is 0 Å². The van der Waals surface area contributed by atoms with Gasteiger partial charge < -0.3 is 5.21 Å². The molecule has 0 aromatic rings. The number of nitrogens with two attached hydrogens (primary N) is 2. The van der Waals surface area contributed by atoms with Gasteiger partial charge in [0.1, 0.15) is 0 Å². The Kier molecular flexibility index (Phi) is 2.98. The highest BCUT2D eigenvalue weighted by molar-refractivity contribution is 4.27. The summed E-state index contributed by atoms with van der Waals surface area (Å²) in [7, 11) is 3.29. The van der Waals surface area contributed by atoms with Crippen molar-refractivity contribution in [1.82, 2.24) is 5.23 Å². The Bertz CT molecular complexity index is 80.4. The maximum atomic E-state index is 10.3. The standard InChI is InChI=1S/C3H12N4O2/c1-7(2,4)3-6(8)9-5/h3-5H2,1-2H3. The Balaban J connectivity index is 3.47. The van der Waals surface area contributed by atoms with Gasteiger partial charge in [-0.05, 0) is 0 Å². The van der Waals surface area contributed by atoms with Crippen molar-refractivity contribution in [2.75, 3.05) is 20.8 Å². The summed E-state index contributed by atoms with van der Waals surface area (Å²) < 4.78 is 0.000694. The van der Waals surface area contributed by atoms with Crippen molar-refractivity contribution in [1.29, 1.82) is 0 Å². The molecule has 0 bridgehead atoms. The van der Waals surface area contributed by atoms with E-state index in [1.165, 1.54) is 0 Å². The highest BCUT2D eigenvalue weighted by atomic mass is 16.9. The maximum Gasteiger partial charge on any atom is 0.164 e. The van der Waals surface area contributed by atoms with Gasteiger partial charge in [-0.1, -0.05) is 0 Å². The second-order valence-corrected chi connectivity index (χ2v) is 2.36. The minimum Gasteiger partial charge on any atom is -0.756 e. The molecule has 0 aliphatic heterocycles. The van der Waals surface area contributed by atoms with E-state index in [4.69, 9.17) is 5.84 Å². The molecule has 0 unspecified atom stereocenters. The van der Waals surface area contributed by atoms with Gasteiger partial charge in [0.25, 0.3) is 0 Å². The van der Waals surface area contributed by atoms with Crippen molar-refractivity contribution in [3.8, 4) is 0 Å². The molecule has 4 N–H and O–H groups in total. The summed E-state index contributed by atoms with van der Waals surface area (Å²) in [6.45, 7) is -0.00347. The minimum atomic E-state index is -0.00347. The van der Waals surface area contributed by atoms with Crippen molar-refractivity contribution in [3.05, 3.63) is 5.21 Å². The Labute approximate surface area is 53.6 Å². The third kappa shape index (κ3) is 5.63. The quantitative estimate of drug-likeness (QED) is 0.213. The van der Waals surface area contributed by atoms with Gasteiger partial charge in [0.05, 0.1) is 14.1 Å². The average molecular weight is 136 g/mol. The molecule has 9 heavy (non-hydrogen) atoms. The summed E-state index contributed by atoms with van der Waals surface area (Å²) in [6.07, 6.45) is 0. The van der Waals surface area contributed by atoms with Crippen LogP contribution in [0.2, 0.25) is 0 Å². The number of hydrogen-bond donors (Lipinski definition) is 2. The summed E-state index contributed by atoms with van der Waals surface area (Å²) in [4.78, 5) is 3.81. The molecule has 56 valence electrons. The first-order valence-corrected chi connectivity index (χ1v) is 2.39. The van der Waals surface area contributed by atoms with Gasteiger partial charge in [0, 0.05) is 0 Å². The first-order chi connectivity index (χ1) is 3.95. The Hall–Kier alpha value is -0.240. The van der Waals surface area contributed by atoms with Gasteiger partial charge in [0.2, 0.25) is 0 Å². The molecular weight excluding hydrogens is 124 g/mol. The topological polar surface area (TPSA) is 87.6 Å². The maximum absolute atomic E-state index is 10.3. The third-order valence-electron chi connectivity index (χ3n) is 0.598. The van der Waals surface area contributed by atoms with E-state index in [2.05, 4.69) is 10.8 Å². The van der Waals surface area contributed by atoms with Crippen LogP contribution in [0, 0.1) is 5.21 Å². The highest BCUT2D eigenvalue weighted by Gasteiger charge is 2.07. The second kappa shape index (κ2) is 3.06. The van der Waals surface area contributed by atoms with Crippen LogP contribution in [0.5, 0.6) is 0 Å². The Morgan fingerprint density at radius 2 is 2.11 bits per heavy atom.